The molecule has 0 bridgehead atoms. The molecule has 0 aliphatic rings. The van der Waals surface area contributed by atoms with Crippen LogP contribution >= 0.6 is 0 Å². The fourth-order valence-corrected chi connectivity index (χ4v) is 1.28. The Bertz CT molecular complexity index is 257. The summed E-state index contributed by atoms with van der Waals surface area (Å²) in [5.41, 5.74) is -2.57. The van der Waals surface area contributed by atoms with Gasteiger partial charge in [0.25, 0.3) is 0 Å². The quantitative estimate of drug-likeness (QED) is 0.756. The van der Waals surface area contributed by atoms with Crippen molar-refractivity contribution in [3.8, 4) is 0 Å². The second kappa shape index (κ2) is 4.62. The maximum atomic E-state index is 13.2. The molecule has 0 aromatic rings. The zero-order valence-corrected chi connectivity index (χ0v) is 9.21. The first-order valence-electron chi connectivity index (χ1n) is 4.74. The van der Waals surface area contributed by atoms with Gasteiger partial charge in [0.05, 0.1) is 0 Å². The van der Waals surface area contributed by atoms with Crippen LogP contribution in [0.25, 0.3) is 0 Å². The van der Waals surface area contributed by atoms with Crippen LogP contribution in [0.3, 0.4) is 0 Å². The van der Waals surface area contributed by atoms with Gasteiger partial charge in [-0.3, -0.25) is 0 Å². The van der Waals surface area contributed by atoms with Crippen molar-refractivity contribution in [3.05, 3.63) is 0 Å². The van der Waals surface area contributed by atoms with E-state index in [9.17, 15) is 30.7 Å². The van der Waals surface area contributed by atoms with Gasteiger partial charge < -0.3 is 5.11 Å². The topological polar surface area (TPSA) is 20.2 Å². The first-order valence-corrected chi connectivity index (χ1v) is 4.74. The normalized spacial score (nSPS) is 15.2. The molecule has 104 valence electrons. The lowest BCUT2D eigenvalue weighted by molar-refractivity contribution is -0.377. The van der Waals surface area contributed by atoms with Gasteiger partial charge in [0.15, 0.2) is 0 Å². The minimum atomic E-state index is -6.31. The summed E-state index contributed by atoms with van der Waals surface area (Å²) < 4.78 is 87.6. The van der Waals surface area contributed by atoms with Gasteiger partial charge in [0.2, 0.25) is 0 Å². The molecule has 0 radical (unpaired) electrons. The summed E-state index contributed by atoms with van der Waals surface area (Å²) >= 11 is 0. The maximum Gasteiger partial charge on any atom is 0.459 e. The zero-order valence-electron chi connectivity index (χ0n) is 9.21. The van der Waals surface area contributed by atoms with Crippen molar-refractivity contribution in [1.29, 1.82) is 0 Å². The molecule has 0 aromatic carbocycles. The van der Waals surface area contributed by atoms with Gasteiger partial charge in [-0.15, -0.1) is 0 Å². The molecule has 0 unspecified atom stereocenters. The third-order valence-corrected chi connectivity index (χ3v) is 2.56. The highest BCUT2D eigenvalue weighted by Gasteiger charge is 2.76. The van der Waals surface area contributed by atoms with Crippen LogP contribution in [0.4, 0.5) is 30.7 Å². The Balaban J connectivity index is 5.24. The van der Waals surface area contributed by atoms with Crippen LogP contribution in [0.5, 0.6) is 0 Å². The standard InChI is InChI=1S/C9H13F7O/c1-6(2,4-3-5-17)7(10,11)8(12,13)9(14,15)16/h17H,3-5H2,1-2H3. The molecule has 0 rings (SSSR count). The number of aliphatic hydroxyl groups is 1. The van der Waals surface area contributed by atoms with E-state index in [2.05, 4.69) is 0 Å². The molecule has 0 aliphatic heterocycles. The van der Waals surface area contributed by atoms with Crippen LogP contribution in [0.1, 0.15) is 26.7 Å². The lowest BCUT2D eigenvalue weighted by atomic mass is 9.78. The van der Waals surface area contributed by atoms with Crippen molar-refractivity contribution in [3.63, 3.8) is 0 Å². The molecule has 0 aromatic heterocycles. The molecule has 0 aliphatic carbocycles. The van der Waals surface area contributed by atoms with Crippen molar-refractivity contribution in [2.45, 2.75) is 44.7 Å². The number of halogens is 7. The lowest BCUT2D eigenvalue weighted by Gasteiger charge is -2.39. The van der Waals surface area contributed by atoms with Gasteiger partial charge in [-0.25, -0.2) is 0 Å². The van der Waals surface area contributed by atoms with Crippen molar-refractivity contribution >= 4 is 0 Å². The molecule has 1 nitrogen and oxygen atoms in total. The van der Waals surface area contributed by atoms with E-state index in [4.69, 9.17) is 5.11 Å². The van der Waals surface area contributed by atoms with Crippen LogP contribution in [-0.2, 0) is 0 Å². The predicted molar refractivity (Wildman–Crippen MR) is 46.0 cm³/mol. The highest BCUT2D eigenvalue weighted by atomic mass is 19.4. The summed E-state index contributed by atoms with van der Waals surface area (Å²) in [6.45, 7) is 0.668. The van der Waals surface area contributed by atoms with E-state index >= 15 is 0 Å². The maximum absolute atomic E-state index is 13.2. The fraction of sp³-hybridized carbons (Fsp3) is 1.00. The molecule has 8 heteroatoms. The Labute approximate surface area is 93.6 Å². The Morgan fingerprint density at radius 1 is 0.824 bits per heavy atom. The van der Waals surface area contributed by atoms with Crippen LogP contribution in [0.15, 0.2) is 0 Å². The number of alkyl halides is 7. The fourth-order valence-electron chi connectivity index (χ4n) is 1.28. The van der Waals surface area contributed by atoms with Crippen molar-refractivity contribution < 1.29 is 35.8 Å². The summed E-state index contributed by atoms with van der Waals surface area (Å²) in [4.78, 5) is 0. The Kier molecular flexibility index (Phi) is 4.48. The van der Waals surface area contributed by atoms with E-state index < -0.39 is 36.5 Å². The summed E-state index contributed by atoms with van der Waals surface area (Å²) in [5.74, 6) is -11.3. The van der Waals surface area contributed by atoms with Gasteiger partial charge in [0, 0.05) is 12.0 Å². The van der Waals surface area contributed by atoms with E-state index in [0.29, 0.717) is 13.8 Å². The number of rotatable bonds is 5. The Hall–Kier alpha value is -0.530. The monoisotopic (exact) mass is 270 g/mol. The molecule has 0 amide bonds. The van der Waals surface area contributed by atoms with Gasteiger partial charge >= 0.3 is 18.0 Å². The minimum absolute atomic E-state index is 0.281. The van der Waals surface area contributed by atoms with E-state index in [0.717, 1.165) is 0 Å². The molecular weight excluding hydrogens is 257 g/mol. The Morgan fingerprint density at radius 3 is 1.53 bits per heavy atom. The molecular formula is C9H13F7O. The zero-order chi connectivity index (χ0) is 14.1. The number of hydrogen-bond acceptors (Lipinski definition) is 1. The second-order valence-corrected chi connectivity index (χ2v) is 4.36. The molecule has 0 saturated heterocycles. The average Bonchev–Trinajstić information content (AvgIpc) is 2.12. The van der Waals surface area contributed by atoms with Crippen LogP contribution in [0.2, 0.25) is 0 Å². The van der Waals surface area contributed by atoms with Gasteiger partial charge in [-0.1, -0.05) is 13.8 Å². The summed E-state index contributed by atoms with van der Waals surface area (Å²) in [7, 11) is 0. The first-order chi connectivity index (χ1) is 7.31. The first kappa shape index (κ1) is 16.5. The summed E-state index contributed by atoms with van der Waals surface area (Å²) in [6.07, 6.45) is -7.24. The van der Waals surface area contributed by atoms with Crippen molar-refractivity contribution in [1.82, 2.24) is 0 Å². The van der Waals surface area contributed by atoms with Crippen molar-refractivity contribution in [2.24, 2.45) is 5.41 Å². The van der Waals surface area contributed by atoms with Gasteiger partial charge in [-0.2, -0.15) is 30.7 Å². The third-order valence-electron chi connectivity index (χ3n) is 2.56. The minimum Gasteiger partial charge on any atom is -0.396 e. The third kappa shape index (κ3) is 2.83. The second-order valence-electron chi connectivity index (χ2n) is 4.36. The average molecular weight is 270 g/mol. The van der Waals surface area contributed by atoms with E-state index in [-0.39, 0.29) is 6.42 Å². The van der Waals surface area contributed by atoms with E-state index in [1.54, 1.807) is 0 Å². The van der Waals surface area contributed by atoms with E-state index in [1.807, 2.05) is 0 Å². The number of hydrogen-bond donors (Lipinski definition) is 1. The van der Waals surface area contributed by atoms with Gasteiger partial charge in [-0.05, 0) is 12.8 Å². The SMILES string of the molecule is CC(C)(CCCO)C(F)(F)C(F)(F)C(F)(F)F. The largest absolute Gasteiger partial charge is 0.459 e. The summed E-state index contributed by atoms with van der Waals surface area (Å²) in [5, 5.41) is 8.40. The van der Waals surface area contributed by atoms with Crippen molar-refractivity contribution in [2.75, 3.05) is 6.61 Å². The molecule has 1 N–H and O–H groups in total. The molecule has 0 atom stereocenters. The summed E-state index contributed by atoms with van der Waals surface area (Å²) in [6, 6.07) is 0. The molecule has 0 spiro atoms. The Morgan fingerprint density at radius 2 is 1.24 bits per heavy atom. The molecule has 17 heavy (non-hydrogen) atoms. The highest BCUT2D eigenvalue weighted by molar-refractivity contribution is 4.99. The molecule has 0 fully saturated rings. The van der Waals surface area contributed by atoms with Gasteiger partial charge in [0.1, 0.15) is 0 Å². The van der Waals surface area contributed by atoms with Crippen LogP contribution < -0.4 is 0 Å². The predicted octanol–water partition coefficient (Wildman–Crippen LogP) is 3.62. The lowest BCUT2D eigenvalue weighted by Crippen LogP contribution is -2.58. The van der Waals surface area contributed by atoms with E-state index in [1.165, 1.54) is 0 Å². The molecule has 0 saturated carbocycles. The smallest absolute Gasteiger partial charge is 0.396 e. The highest BCUT2D eigenvalue weighted by Crippen LogP contribution is 2.55. The van der Waals surface area contributed by atoms with Crippen LogP contribution in [-0.4, -0.2) is 29.7 Å². The van der Waals surface area contributed by atoms with Crippen LogP contribution in [0, 0.1) is 5.41 Å². The number of aliphatic hydroxyl groups excluding tert-OH is 1. The molecule has 0 heterocycles.